The Morgan fingerprint density at radius 1 is 0.679 bits per heavy atom. The van der Waals surface area contributed by atoms with Crippen LogP contribution in [0, 0.1) is 6.92 Å². The predicted octanol–water partition coefficient (Wildman–Crippen LogP) is 11.5. The molecular formula is C60H61ClF3N5O14S. The van der Waals surface area contributed by atoms with Gasteiger partial charge < -0.3 is 50.8 Å². The number of likely N-dealkylation sites (N-methyl/N-ethyl adjacent to an activating group) is 1. The number of benzene rings is 6. The second kappa shape index (κ2) is 31.9. The van der Waals surface area contributed by atoms with Crippen LogP contribution in [0.15, 0.2) is 175 Å². The molecule has 1 heterocycles. The lowest BCUT2D eigenvalue weighted by Gasteiger charge is -2.18. The highest BCUT2D eigenvalue weighted by Crippen LogP contribution is 2.37. The average molecular weight is 1200 g/mol. The molecule has 7 aromatic rings. The largest absolute Gasteiger partial charge is 0.492 e. The summed E-state index contributed by atoms with van der Waals surface area (Å²) in [6, 6.07) is 47.4. The number of aliphatic hydroxyl groups is 1. The van der Waals surface area contributed by atoms with Gasteiger partial charge in [0.25, 0.3) is 16.0 Å². The normalized spacial score (nSPS) is 11.3. The molecule has 8 N–H and O–H groups in total. The number of carbonyl (C=O) groups excluding carboxylic acids is 2. The number of nitrogens with one attached hydrogen (secondary N) is 3. The van der Waals surface area contributed by atoms with Crippen molar-refractivity contribution < 1.29 is 80.0 Å². The Balaban J connectivity index is 0.000000263. The van der Waals surface area contributed by atoms with Crippen molar-refractivity contribution in [2.75, 3.05) is 44.9 Å². The smallest absolute Gasteiger partial charge is 0.417 e. The molecular weight excluding hydrogens is 1140 g/mol. The number of aliphatic carboxylic acids is 3. The van der Waals surface area contributed by atoms with E-state index in [1.165, 1.54) is 65.3 Å². The number of allylic oxidation sites excluding steroid dienone is 1. The van der Waals surface area contributed by atoms with Crippen molar-refractivity contribution in [3.05, 3.63) is 209 Å². The Kier molecular flexibility index (Phi) is 25.6. The van der Waals surface area contributed by atoms with E-state index in [2.05, 4.69) is 132 Å². The molecule has 1 aromatic heterocycles. The Hall–Kier alpha value is -9.13. The summed E-state index contributed by atoms with van der Waals surface area (Å²) in [5, 5.41) is 40.6. The zero-order valence-corrected chi connectivity index (χ0v) is 47.5. The van der Waals surface area contributed by atoms with Gasteiger partial charge in [-0.15, -0.1) is 0 Å². The zero-order chi connectivity index (χ0) is 62.2. The van der Waals surface area contributed by atoms with E-state index >= 15 is 0 Å². The summed E-state index contributed by atoms with van der Waals surface area (Å²) in [7, 11) is 1.58. The van der Waals surface area contributed by atoms with Crippen LogP contribution in [0.1, 0.15) is 64.5 Å². The number of halogens is 4. The van der Waals surface area contributed by atoms with Gasteiger partial charge in [-0.25, -0.2) is 9.59 Å². The summed E-state index contributed by atoms with van der Waals surface area (Å²) in [5.41, 5.74) is 4.04. The van der Waals surface area contributed by atoms with Crippen LogP contribution >= 0.6 is 11.6 Å². The van der Waals surface area contributed by atoms with Gasteiger partial charge in [-0.2, -0.15) is 21.6 Å². The first kappa shape index (κ1) is 67.4. The standard InChI is InChI=1S/C26H29NO.C21H16ClF3N4O3.C7H8O3S.C6H8O7/c1-4-25(21-11-7-5-8-12-21)26(22-13-9-6-10-14-22)23-15-17-24(18-16-23)28-20-19-27(2)3;1-26-19(30)18-11-15(8-9-27-18)32-14-5-2-12(3-6-14)28-20(31)29-13-4-7-17(22)16(10-13)21(23,24)25;1-6-2-4-7(5-3-6)11(8,9)10;7-3(8)1-6(13,5(11)12)2-4(9)10/h5-18H,4,19-20H2,1-3H3;2-11H,1H3,(H,26,30)(H2,28,29,31);2-5H,1H3,(H,8,9,10);13H,1-2H2,(H,7,8)(H,9,10)(H,11,12)/b26-25-;;;. The number of pyridine rings is 1. The van der Waals surface area contributed by atoms with E-state index in [0.29, 0.717) is 23.8 Å². The molecule has 84 heavy (non-hydrogen) atoms. The molecule has 3 amide bonds. The van der Waals surface area contributed by atoms with E-state index in [1.807, 2.05) is 6.92 Å². The Bertz CT molecular complexity index is 3450. The van der Waals surface area contributed by atoms with E-state index in [-0.39, 0.29) is 22.2 Å². The van der Waals surface area contributed by atoms with Gasteiger partial charge in [0.2, 0.25) is 0 Å². The molecule has 24 heteroatoms. The van der Waals surface area contributed by atoms with Gasteiger partial charge in [0.15, 0.2) is 5.60 Å². The summed E-state index contributed by atoms with van der Waals surface area (Å²) < 4.78 is 79.9. The molecule has 0 aliphatic heterocycles. The molecule has 19 nitrogen and oxygen atoms in total. The molecule has 0 saturated carbocycles. The van der Waals surface area contributed by atoms with E-state index in [4.69, 9.17) is 46.1 Å². The number of aromatic nitrogens is 1. The number of hydrogen-bond acceptors (Lipinski definition) is 12. The van der Waals surface area contributed by atoms with Gasteiger partial charge in [-0.3, -0.25) is 23.9 Å². The number of anilines is 2. The summed E-state index contributed by atoms with van der Waals surface area (Å²) in [6.45, 7) is 5.67. The molecule has 6 aromatic carbocycles. The molecule has 444 valence electrons. The van der Waals surface area contributed by atoms with Crippen LogP contribution in [0.4, 0.5) is 29.3 Å². The maximum Gasteiger partial charge on any atom is 0.417 e. The van der Waals surface area contributed by atoms with Gasteiger partial charge in [0, 0.05) is 37.2 Å². The minimum absolute atomic E-state index is 0.0659. The first-order valence-electron chi connectivity index (χ1n) is 25.2. The zero-order valence-electron chi connectivity index (χ0n) is 45.9. The predicted molar refractivity (Wildman–Crippen MR) is 311 cm³/mol. The van der Waals surface area contributed by atoms with Crippen LogP contribution in [0.5, 0.6) is 17.2 Å². The minimum atomic E-state index is -4.64. The number of rotatable bonds is 19. The fourth-order valence-electron chi connectivity index (χ4n) is 7.36. The van der Waals surface area contributed by atoms with Crippen molar-refractivity contribution in [3.8, 4) is 17.2 Å². The van der Waals surface area contributed by atoms with Gasteiger partial charge in [0.05, 0.1) is 28.3 Å². The number of nitrogens with zero attached hydrogens (tertiary/aromatic N) is 2. The fraction of sp³-hybridized carbons (Fsp3) is 0.200. The quantitative estimate of drug-likeness (QED) is 0.0276. The Morgan fingerprint density at radius 2 is 1.20 bits per heavy atom. The number of aryl methyl sites for hydroxylation is 1. The lowest BCUT2D eigenvalue weighted by atomic mass is 9.88. The van der Waals surface area contributed by atoms with Gasteiger partial charge in [-0.05, 0) is 128 Å². The summed E-state index contributed by atoms with van der Waals surface area (Å²) in [6.07, 6.45) is -4.53. The number of alkyl halides is 3. The number of hydrogen-bond donors (Lipinski definition) is 8. The van der Waals surface area contributed by atoms with Crippen molar-refractivity contribution in [2.45, 2.75) is 49.8 Å². The third-order valence-corrected chi connectivity index (χ3v) is 12.7. The van der Waals surface area contributed by atoms with Crippen molar-refractivity contribution in [3.63, 3.8) is 0 Å². The third-order valence-electron chi connectivity index (χ3n) is 11.5. The molecule has 0 saturated heterocycles. The van der Waals surface area contributed by atoms with E-state index in [9.17, 15) is 45.6 Å². The first-order chi connectivity index (χ1) is 39.6. The van der Waals surface area contributed by atoms with Crippen molar-refractivity contribution in [1.29, 1.82) is 0 Å². The summed E-state index contributed by atoms with van der Waals surface area (Å²) in [4.78, 5) is 60.2. The highest BCUT2D eigenvalue weighted by molar-refractivity contribution is 7.85. The van der Waals surface area contributed by atoms with Crippen molar-refractivity contribution in [1.82, 2.24) is 15.2 Å². The maximum absolute atomic E-state index is 12.9. The summed E-state index contributed by atoms with van der Waals surface area (Å²) >= 11 is 5.57. The number of amides is 3. The number of urea groups is 1. The van der Waals surface area contributed by atoms with E-state index in [0.717, 1.165) is 36.4 Å². The van der Waals surface area contributed by atoms with Crippen LogP contribution in [0.2, 0.25) is 5.02 Å². The average Bonchev–Trinajstić information content (AvgIpc) is 3.40. The molecule has 0 atom stereocenters. The Morgan fingerprint density at radius 3 is 1.70 bits per heavy atom. The SMILES string of the molecule is CC/C(=C(\c1ccccc1)c1ccc(OCCN(C)C)cc1)c1ccccc1.CNC(=O)c1cc(Oc2ccc(NC(=O)Nc3ccc(Cl)c(C(F)(F)F)c3)cc2)ccn1.Cc1ccc(S(=O)(=O)O)cc1.O=C(O)CC(O)(CC(=O)O)C(=O)O. The molecule has 0 bridgehead atoms. The number of carbonyl (C=O) groups is 5. The van der Waals surface area contributed by atoms with Gasteiger partial charge in [-0.1, -0.05) is 109 Å². The highest BCUT2D eigenvalue weighted by atomic mass is 35.5. The number of ether oxygens (including phenoxy) is 2. The molecule has 0 aliphatic rings. The van der Waals surface area contributed by atoms with Gasteiger partial charge in [0.1, 0.15) is 29.5 Å². The van der Waals surface area contributed by atoms with E-state index < -0.39 is 69.3 Å². The van der Waals surface area contributed by atoms with Crippen LogP contribution in [-0.4, -0.2) is 113 Å². The monoisotopic (exact) mass is 1200 g/mol. The van der Waals surface area contributed by atoms with Crippen LogP contribution < -0.4 is 25.4 Å². The molecule has 0 fully saturated rings. The first-order valence-corrected chi connectivity index (χ1v) is 27.0. The molecule has 7 rings (SSSR count). The van der Waals surface area contributed by atoms with Crippen molar-refractivity contribution in [2.24, 2.45) is 0 Å². The molecule has 0 spiro atoms. The van der Waals surface area contributed by atoms with Gasteiger partial charge >= 0.3 is 30.1 Å². The van der Waals surface area contributed by atoms with Crippen LogP contribution in [-0.2, 0) is 30.7 Å². The second-order valence-electron chi connectivity index (χ2n) is 18.2. The van der Waals surface area contributed by atoms with Crippen LogP contribution in [0.25, 0.3) is 11.1 Å². The topological polar surface area (TPSA) is 291 Å². The maximum atomic E-state index is 12.9. The third kappa shape index (κ3) is 22.3. The van der Waals surface area contributed by atoms with Crippen molar-refractivity contribution >= 4 is 74.1 Å². The molecule has 0 radical (unpaired) electrons. The fourth-order valence-corrected chi connectivity index (χ4v) is 8.06. The highest BCUT2D eigenvalue weighted by Gasteiger charge is 2.41. The van der Waals surface area contributed by atoms with Crippen LogP contribution in [0.3, 0.4) is 0 Å². The number of carboxylic acid groups (broad SMARTS) is 3. The van der Waals surface area contributed by atoms with E-state index in [1.54, 1.807) is 42.5 Å². The summed E-state index contributed by atoms with van der Waals surface area (Å²) in [5.74, 6) is -3.65. The molecule has 0 aliphatic carbocycles. The minimum Gasteiger partial charge on any atom is -0.492 e. The molecule has 0 unspecified atom stereocenters. The Labute approximate surface area is 487 Å². The lowest BCUT2D eigenvalue weighted by molar-refractivity contribution is -0.170. The second-order valence-corrected chi connectivity index (χ2v) is 20.1. The lowest BCUT2D eigenvalue weighted by Crippen LogP contribution is -2.42. The number of carboxylic acids is 3.